The largest absolute Gasteiger partial charge is 0.480 e. The number of carbonyl (C=O) groups excluding carboxylic acids is 1. The minimum absolute atomic E-state index is 0.405. The van der Waals surface area contributed by atoms with Crippen LogP contribution in [0.3, 0.4) is 0 Å². The Morgan fingerprint density at radius 1 is 1.11 bits per heavy atom. The third-order valence-electron chi connectivity index (χ3n) is 3.10. The summed E-state index contributed by atoms with van der Waals surface area (Å²) < 4.78 is 0. The van der Waals surface area contributed by atoms with Crippen LogP contribution in [0.4, 0.5) is 0 Å². The molecule has 0 saturated heterocycles. The van der Waals surface area contributed by atoms with E-state index in [0.29, 0.717) is 6.54 Å². The van der Waals surface area contributed by atoms with Gasteiger partial charge in [-0.05, 0) is 26.2 Å². The predicted octanol–water partition coefficient (Wildman–Crippen LogP) is 2.82. The Hall–Kier alpha value is -1.06. The van der Waals surface area contributed by atoms with Crippen molar-refractivity contribution in [1.29, 1.82) is 0 Å². The molecule has 0 aromatic heterocycles. The Balaban J connectivity index is 3.61. The first kappa shape index (κ1) is 16.9. The molecule has 0 bridgehead atoms. The summed E-state index contributed by atoms with van der Waals surface area (Å²) in [7, 11) is 0. The maximum atomic E-state index is 11.6. The summed E-state index contributed by atoms with van der Waals surface area (Å²) in [5, 5.41) is 11.6. The van der Waals surface area contributed by atoms with E-state index in [0.717, 1.165) is 18.8 Å². The van der Waals surface area contributed by atoms with Crippen molar-refractivity contribution in [2.24, 2.45) is 11.3 Å². The molecule has 1 amide bonds. The zero-order chi connectivity index (χ0) is 14.2. The zero-order valence-corrected chi connectivity index (χ0v) is 12.1. The van der Waals surface area contributed by atoms with E-state index in [4.69, 9.17) is 5.11 Å². The van der Waals surface area contributed by atoms with E-state index in [2.05, 4.69) is 19.2 Å². The zero-order valence-electron chi connectivity index (χ0n) is 12.1. The molecule has 106 valence electrons. The maximum absolute atomic E-state index is 11.6. The standard InChI is InChI=1S/C14H27NO3/c1-11(2)9-7-5-6-8-10-15-12(16)14(3,4)13(17)18/h11H,5-10H2,1-4H3,(H,15,16)(H,17,18). The number of hydrogen-bond donors (Lipinski definition) is 2. The summed E-state index contributed by atoms with van der Waals surface area (Å²) in [6.45, 7) is 7.85. The minimum Gasteiger partial charge on any atom is -0.480 e. The van der Waals surface area contributed by atoms with Gasteiger partial charge >= 0.3 is 5.97 Å². The quantitative estimate of drug-likeness (QED) is 0.493. The number of hydrogen-bond acceptors (Lipinski definition) is 2. The van der Waals surface area contributed by atoms with E-state index in [1.54, 1.807) is 0 Å². The van der Waals surface area contributed by atoms with E-state index >= 15 is 0 Å². The highest BCUT2D eigenvalue weighted by Gasteiger charge is 2.35. The van der Waals surface area contributed by atoms with Gasteiger partial charge in [0.15, 0.2) is 0 Å². The van der Waals surface area contributed by atoms with Crippen LogP contribution in [-0.4, -0.2) is 23.5 Å². The molecule has 0 spiro atoms. The highest BCUT2D eigenvalue weighted by Crippen LogP contribution is 2.15. The van der Waals surface area contributed by atoms with Crippen LogP contribution in [0.25, 0.3) is 0 Å². The van der Waals surface area contributed by atoms with Gasteiger partial charge in [0.25, 0.3) is 0 Å². The number of amides is 1. The lowest BCUT2D eigenvalue weighted by Gasteiger charge is -2.18. The second-order valence-corrected chi connectivity index (χ2v) is 5.78. The molecule has 0 fully saturated rings. The normalized spacial score (nSPS) is 11.6. The summed E-state index contributed by atoms with van der Waals surface area (Å²) >= 11 is 0. The lowest BCUT2D eigenvalue weighted by atomic mass is 9.92. The fourth-order valence-corrected chi connectivity index (χ4v) is 1.55. The molecule has 0 aliphatic heterocycles. The molecule has 4 heteroatoms. The van der Waals surface area contributed by atoms with Gasteiger partial charge < -0.3 is 10.4 Å². The van der Waals surface area contributed by atoms with Crippen molar-refractivity contribution in [2.45, 2.75) is 59.8 Å². The van der Waals surface area contributed by atoms with Crippen LogP contribution < -0.4 is 5.32 Å². The molecule has 2 N–H and O–H groups in total. The third kappa shape index (κ3) is 6.62. The summed E-state index contributed by atoms with van der Waals surface area (Å²) in [5.41, 5.74) is -1.34. The monoisotopic (exact) mass is 257 g/mol. The van der Waals surface area contributed by atoms with E-state index < -0.39 is 17.3 Å². The summed E-state index contributed by atoms with van der Waals surface area (Å²) in [6, 6.07) is 0. The maximum Gasteiger partial charge on any atom is 0.318 e. The number of carbonyl (C=O) groups is 2. The van der Waals surface area contributed by atoms with Crippen LogP contribution >= 0.6 is 0 Å². The van der Waals surface area contributed by atoms with Gasteiger partial charge in [-0.15, -0.1) is 0 Å². The van der Waals surface area contributed by atoms with Crippen molar-refractivity contribution in [2.75, 3.05) is 6.54 Å². The summed E-state index contributed by atoms with van der Waals surface area (Å²) in [6.07, 6.45) is 5.65. The number of unbranched alkanes of at least 4 members (excludes halogenated alkanes) is 3. The van der Waals surface area contributed by atoms with Crippen molar-refractivity contribution >= 4 is 11.9 Å². The minimum atomic E-state index is -1.34. The number of nitrogens with one attached hydrogen (secondary N) is 1. The summed E-state index contributed by atoms with van der Waals surface area (Å²) in [4.78, 5) is 22.4. The van der Waals surface area contributed by atoms with Crippen molar-refractivity contribution in [3.8, 4) is 0 Å². The first-order chi connectivity index (χ1) is 8.28. The average Bonchev–Trinajstić information content (AvgIpc) is 2.26. The lowest BCUT2D eigenvalue weighted by molar-refractivity contribution is -0.153. The fraction of sp³-hybridized carbons (Fsp3) is 0.857. The van der Waals surface area contributed by atoms with Crippen molar-refractivity contribution in [3.63, 3.8) is 0 Å². The molecule has 4 nitrogen and oxygen atoms in total. The van der Waals surface area contributed by atoms with E-state index in [9.17, 15) is 9.59 Å². The molecule has 0 radical (unpaired) electrons. The van der Waals surface area contributed by atoms with Crippen LogP contribution in [0.5, 0.6) is 0 Å². The molecule has 0 aromatic rings. The van der Waals surface area contributed by atoms with Gasteiger partial charge in [0.2, 0.25) is 5.91 Å². The molecule has 18 heavy (non-hydrogen) atoms. The van der Waals surface area contributed by atoms with Crippen LogP contribution in [0.15, 0.2) is 0 Å². The van der Waals surface area contributed by atoms with Gasteiger partial charge in [-0.25, -0.2) is 0 Å². The third-order valence-corrected chi connectivity index (χ3v) is 3.10. The highest BCUT2D eigenvalue weighted by molar-refractivity contribution is 6.00. The summed E-state index contributed by atoms with van der Waals surface area (Å²) in [5.74, 6) is -0.741. The fourth-order valence-electron chi connectivity index (χ4n) is 1.55. The smallest absolute Gasteiger partial charge is 0.318 e. The van der Waals surface area contributed by atoms with Crippen LogP contribution in [0.2, 0.25) is 0 Å². The van der Waals surface area contributed by atoms with Gasteiger partial charge in [-0.1, -0.05) is 39.5 Å². The van der Waals surface area contributed by atoms with Gasteiger partial charge in [0.1, 0.15) is 5.41 Å². The Labute approximate surface area is 110 Å². The first-order valence-corrected chi connectivity index (χ1v) is 6.80. The van der Waals surface area contributed by atoms with E-state index in [-0.39, 0.29) is 0 Å². The number of carboxylic acid groups (broad SMARTS) is 1. The van der Waals surface area contributed by atoms with Crippen molar-refractivity contribution in [3.05, 3.63) is 0 Å². The number of aliphatic carboxylic acids is 1. The molecule has 0 saturated carbocycles. The van der Waals surface area contributed by atoms with Gasteiger partial charge in [-0.3, -0.25) is 9.59 Å². The Morgan fingerprint density at radius 3 is 2.17 bits per heavy atom. The molecule has 0 atom stereocenters. The molecule has 0 aliphatic carbocycles. The van der Waals surface area contributed by atoms with Gasteiger partial charge in [0.05, 0.1) is 0 Å². The number of carboxylic acids is 1. The Bertz CT molecular complexity index is 272. The van der Waals surface area contributed by atoms with Gasteiger partial charge in [-0.2, -0.15) is 0 Å². The first-order valence-electron chi connectivity index (χ1n) is 6.80. The van der Waals surface area contributed by atoms with Crippen LogP contribution in [-0.2, 0) is 9.59 Å². The van der Waals surface area contributed by atoms with Crippen LogP contribution in [0, 0.1) is 11.3 Å². The predicted molar refractivity (Wildman–Crippen MR) is 72.3 cm³/mol. The van der Waals surface area contributed by atoms with Crippen molar-refractivity contribution < 1.29 is 14.7 Å². The Morgan fingerprint density at radius 2 is 1.67 bits per heavy atom. The molecule has 0 rings (SSSR count). The molecule has 0 heterocycles. The van der Waals surface area contributed by atoms with E-state index in [1.165, 1.54) is 33.1 Å². The average molecular weight is 257 g/mol. The van der Waals surface area contributed by atoms with E-state index in [1.807, 2.05) is 0 Å². The second-order valence-electron chi connectivity index (χ2n) is 5.78. The number of rotatable bonds is 9. The molecule has 0 aliphatic rings. The van der Waals surface area contributed by atoms with Crippen LogP contribution in [0.1, 0.15) is 59.8 Å². The SMILES string of the molecule is CC(C)CCCCCCNC(=O)C(C)(C)C(=O)O. The molecular weight excluding hydrogens is 230 g/mol. The second kappa shape index (κ2) is 8.11. The van der Waals surface area contributed by atoms with Gasteiger partial charge in [0, 0.05) is 6.54 Å². The molecule has 0 unspecified atom stereocenters. The highest BCUT2D eigenvalue weighted by atomic mass is 16.4. The molecule has 0 aromatic carbocycles. The van der Waals surface area contributed by atoms with Crippen molar-refractivity contribution in [1.82, 2.24) is 5.32 Å². The lowest BCUT2D eigenvalue weighted by Crippen LogP contribution is -2.42. The molecular formula is C14H27NO3. The topological polar surface area (TPSA) is 66.4 Å². The Kier molecular flexibility index (Phi) is 7.64.